The van der Waals surface area contributed by atoms with E-state index in [2.05, 4.69) is 60.8 Å². The molecular weight excluding hydrogens is 399 g/mol. The number of nitrogens with one attached hydrogen (secondary N) is 2. The van der Waals surface area contributed by atoms with Gasteiger partial charge in [-0.3, -0.25) is 0 Å². The van der Waals surface area contributed by atoms with E-state index in [4.69, 9.17) is 4.99 Å². The second kappa shape index (κ2) is 10.7. The molecule has 1 aromatic rings. The predicted octanol–water partition coefficient (Wildman–Crippen LogP) is 3.76. The van der Waals surface area contributed by atoms with Gasteiger partial charge in [-0.15, -0.1) is 24.0 Å². The Balaban J connectivity index is 0.00000264. The second-order valence-electron chi connectivity index (χ2n) is 6.24. The summed E-state index contributed by atoms with van der Waals surface area (Å²) < 4.78 is 0. The monoisotopic (exact) mass is 430 g/mol. The van der Waals surface area contributed by atoms with E-state index in [0.29, 0.717) is 12.6 Å². The summed E-state index contributed by atoms with van der Waals surface area (Å²) >= 11 is 0. The number of aliphatic imine (C=N–C) groups is 1. The van der Waals surface area contributed by atoms with Gasteiger partial charge in [0, 0.05) is 32.4 Å². The molecule has 0 heterocycles. The van der Waals surface area contributed by atoms with Crippen LogP contribution in [0.1, 0.15) is 44.6 Å². The third kappa shape index (κ3) is 6.97. The number of benzene rings is 1. The van der Waals surface area contributed by atoms with Crippen molar-refractivity contribution >= 4 is 35.6 Å². The van der Waals surface area contributed by atoms with E-state index in [1.807, 2.05) is 0 Å². The van der Waals surface area contributed by atoms with E-state index in [1.165, 1.54) is 43.4 Å². The fraction of sp³-hybridized carbons (Fsp3) is 0.611. The van der Waals surface area contributed by atoms with Crippen LogP contribution in [0.15, 0.2) is 29.3 Å². The van der Waals surface area contributed by atoms with Gasteiger partial charge in [-0.2, -0.15) is 0 Å². The van der Waals surface area contributed by atoms with E-state index in [9.17, 15) is 0 Å². The Morgan fingerprint density at radius 2 is 1.96 bits per heavy atom. The van der Waals surface area contributed by atoms with Gasteiger partial charge in [0.05, 0.1) is 6.54 Å². The number of anilines is 1. The van der Waals surface area contributed by atoms with Crippen molar-refractivity contribution < 1.29 is 0 Å². The molecule has 0 spiro atoms. The van der Waals surface area contributed by atoms with Gasteiger partial charge in [0.15, 0.2) is 5.96 Å². The Morgan fingerprint density at radius 3 is 2.61 bits per heavy atom. The molecule has 0 saturated heterocycles. The van der Waals surface area contributed by atoms with Gasteiger partial charge in [0.25, 0.3) is 0 Å². The van der Waals surface area contributed by atoms with Crippen LogP contribution in [0.5, 0.6) is 0 Å². The Hall–Kier alpha value is -0.980. The molecule has 2 N–H and O–H groups in total. The van der Waals surface area contributed by atoms with Crippen LogP contribution >= 0.6 is 24.0 Å². The summed E-state index contributed by atoms with van der Waals surface area (Å²) in [5.74, 6) is 0.949. The van der Waals surface area contributed by atoms with Gasteiger partial charge in [-0.25, -0.2) is 4.99 Å². The number of hydrogen-bond donors (Lipinski definition) is 2. The minimum atomic E-state index is 0. The van der Waals surface area contributed by atoms with Crippen LogP contribution in [0.4, 0.5) is 5.69 Å². The third-order valence-corrected chi connectivity index (χ3v) is 4.14. The molecule has 0 aromatic heterocycles. The first-order chi connectivity index (χ1) is 10.7. The molecule has 1 fully saturated rings. The lowest BCUT2D eigenvalue weighted by Gasteiger charge is -2.24. The summed E-state index contributed by atoms with van der Waals surface area (Å²) in [4.78, 5) is 6.88. The molecule has 0 atom stereocenters. The van der Waals surface area contributed by atoms with Crippen molar-refractivity contribution in [1.29, 1.82) is 0 Å². The molecule has 0 aliphatic heterocycles. The average Bonchev–Trinajstić information content (AvgIpc) is 2.54. The summed E-state index contributed by atoms with van der Waals surface area (Å²) in [5, 5.41) is 6.96. The van der Waals surface area contributed by atoms with Gasteiger partial charge < -0.3 is 15.5 Å². The van der Waals surface area contributed by atoms with Crippen LogP contribution in [0.2, 0.25) is 0 Å². The molecule has 4 nitrogen and oxygen atoms in total. The Morgan fingerprint density at radius 1 is 1.22 bits per heavy atom. The summed E-state index contributed by atoms with van der Waals surface area (Å²) in [6.45, 7) is 3.73. The maximum Gasteiger partial charge on any atom is 0.191 e. The average molecular weight is 430 g/mol. The standard InChI is InChI=1S/C18H30N4.HI/c1-4-19-18(21-16-10-6-5-7-11-16)20-14-15-9-8-12-17(13-15)22(2)3;/h8-9,12-13,16H,4-7,10-11,14H2,1-3H3,(H2,19,20,21);1H. The minimum absolute atomic E-state index is 0. The normalized spacial score (nSPS) is 15.7. The SMILES string of the molecule is CCNC(=NCc1cccc(N(C)C)c1)NC1CCCCC1.I. The van der Waals surface area contributed by atoms with Crippen LogP contribution in [-0.2, 0) is 6.54 Å². The van der Waals surface area contributed by atoms with Gasteiger partial charge >= 0.3 is 0 Å². The zero-order valence-corrected chi connectivity index (χ0v) is 17.0. The van der Waals surface area contributed by atoms with Gasteiger partial charge in [0.1, 0.15) is 0 Å². The first-order valence-electron chi connectivity index (χ1n) is 8.50. The van der Waals surface area contributed by atoms with Gasteiger partial charge in [-0.05, 0) is 37.5 Å². The van der Waals surface area contributed by atoms with E-state index in [0.717, 1.165) is 12.5 Å². The highest BCUT2D eigenvalue weighted by molar-refractivity contribution is 14.0. The van der Waals surface area contributed by atoms with Crippen molar-refractivity contribution in [3.05, 3.63) is 29.8 Å². The van der Waals surface area contributed by atoms with Gasteiger partial charge in [0.2, 0.25) is 0 Å². The van der Waals surface area contributed by atoms with Gasteiger partial charge in [-0.1, -0.05) is 31.4 Å². The second-order valence-corrected chi connectivity index (χ2v) is 6.24. The van der Waals surface area contributed by atoms with Crippen molar-refractivity contribution in [1.82, 2.24) is 10.6 Å². The lowest BCUT2D eigenvalue weighted by atomic mass is 9.96. The molecule has 0 radical (unpaired) electrons. The van der Waals surface area contributed by atoms with Crippen molar-refractivity contribution in [3.63, 3.8) is 0 Å². The summed E-state index contributed by atoms with van der Waals surface area (Å²) in [7, 11) is 4.13. The molecule has 23 heavy (non-hydrogen) atoms. The van der Waals surface area contributed by atoms with Crippen LogP contribution in [0, 0.1) is 0 Å². The number of nitrogens with zero attached hydrogens (tertiary/aromatic N) is 2. The molecule has 1 saturated carbocycles. The van der Waals surface area contributed by atoms with Crippen molar-refractivity contribution in [2.24, 2.45) is 4.99 Å². The molecule has 5 heteroatoms. The molecule has 0 bridgehead atoms. The largest absolute Gasteiger partial charge is 0.378 e. The third-order valence-electron chi connectivity index (χ3n) is 4.14. The van der Waals surface area contributed by atoms with Crippen molar-refractivity contribution in [2.75, 3.05) is 25.5 Å². The number of rotatable bonds is 5. The summed E-state index contributed by atoms with van der Waals surface area (Å²) in [5.41, 5.74) is 2.46. The number of hydrogen-bond acceptors (Lipinski definition) is 2. The minimum Gasteiger partial charge on any atom is -0.378 e. The Labute approximate surface area is 158 Å². The van der Waals surface area contributed by atoms with E-state index >= 15 is 0 Å². The Kier molecular flexibility index (Phi) is 9.36. The van der Waals surface area contributed by atoms with Crippen molar-refractivity contribution in [2.45, 2.75) is 51.6 Å². The highest BCUT2D eigenvalue weighted by atomic mass is 127. The first-order valence-corrected chi connectivity index (χ1v) is 8.50. The molecule has 0 amide bonds. The number of guanidine groups is 1. The maximum absolute atomic E-state index is 4.75. The summed E-state index contributed by atoms with van der Waals surface area (Å²) in [6.07, 6.45) is 6.58. The molecule has 2 rings (SSSR count). The zero-order valence-electron chi connectivity index (χ0n) is 14.6. The zero-order chi connectivity index (χ0) is 15.8. The molecule has 1 aliphatic rings. The fourth-order valence-electron chi connectivity index (χ4n) is 2.86. The maximum atomic E-state index is 4.75. The molecule has 1 aliphatic carbocycles. The van der Waals surface area contributed by atoms with Crippen LogP contribution in [0.3, 0.4) is 0 Å². The highest BCUT2D eigenvalue weighted by Gasteiger charge is 2.14. The lowest BCUT2D eigenvalue weighted by molar-refractivity contribution is 0.410. The van der Waals surface area contributed by atoms with Crippen LogP contribution in [0.25, 0.3) is 0 Å². The predicted molar refractivity (Wildman–Crippen MR) is 111 cm³/mol. The number of halogens is 1. The lowest BCUT2D eigenvalue weighted by Crippen LogP contribution is -2.44. The first kappa shape index (κ1) is 20.1. The van der Waals surface area contributed by atoms with E-state index in [-0.39, 0.29) is 24.0 Å². The quantitative estimate of drug-likeness (QED) is 0.425. The summed E-state index contributed by atoms with van der Waals surface area (Å²) in [6, 6.07) is 9.15. The van der Waals surface area contributed by atoms with E-state index in [1.54, 1.807) is 0 Å². The molecule has 0 unspecified atom stereocenters. The van der Waals surface area contributed by atoms with Crippen LogP contribution in [-0.4, -0.2) is 32.6 Å². The molecule has 130 valence electrons. The highest BCUT2D eigenvalue weighted by Crippen LogP contribution is 2.17. The van der Waals surface area contributed by atoms with E-state index < -0.39 is 0 Å². The smallest absolute Gasteiger partial charge is 0.191 e. The van der Waals surface area contributed by atoms with Crippen molar-refractivity contribution in [3.8, 4) is 0 Å². The molecular formula is C18H31IN4. The Bertz CT molecular complexity index is 482. The molecule has 1 aromatic carbocycles. The topological polar surface area (TPSA) is 39.7 Å². The fourth-order valence-corrected chi connectivity index (χ4v) is 2.86. The van der Waals surface area contributed by atoms with Crippen LogP contribution < -0.4 is 15.5 Å².